The first kappa shape index (κ1) is 15.0. The van der Waals surface area contributed by atoms with Crippen LogP contribution in [0.15, 0.2) is 23.0 Å². The molecular weight excluding hydrogens is 278 g/mol. The molecule has 0 aliphatic carbocycles. The molecule has 0 aliphatic heterocycles. The summed E-state index contributed by atoms with van der Waals surface area (Å²) in [6.07, 6.45) is -0.524. The number of benzene rings is 1. The van der Waals surface area contributed by atoms with E-state index in [9.17, 15) is 9.90 Å². The third-order valence-corrected chi connectivity index (χ3v) is 3.71. The first-order valence-electron chi connectivity index (χ1n) is 6.41. The topological polar surface area (TPSA) is 78.0 Å². The van der Waals surface area contributed by atoms with Crippen LogP contribution in [0.3, 0.4) is 0 Å². The number of aliphatic hydroxyl groups is 1. The normalized spacial score (nSPS) is 13.7. The van der Waals surface area contributed by atoms with E-state index in [0.717, 1.165) is 0 Å². The van der Waals surface area contributed by atoms with Gasteiger partial charge in [-0.15, -0.1) is 0 Å². The molecule has 5 nitrogen and oxygen atoms in total. The molecule has 3 N–H and O–H groups in total. The second-order valence-electron chi connectivity index (χ2n) is 5.43. The molecule has 1 unspecified atom stereocenters. The molecule has 6 heteroatoms. The summed E-state index contributed by atoms with van der Waals surface area (Å²) in [4.78, 5) is 19.1. The zero-order valence-electron chi connectivity index (χ0n) is 11.7. The molecule has 20 heavy (non-hydrogen) atoms. The van der Waals surface area contributed by atoms with Crippen LogP contribution in [0.2, 0.25) is 5.02 Å². The summed E-state index contributed by atoms with van der Waals surface area (Å²) in [5.41, 5.74) is -0.104. The van der Waals surface area contributed by atoms with Gasteiger partial charge in [0.25, 0.3) is 5.56 Å². The van der Waals surface area contributed by atoms with Gasteiger partial charge in [-0.25, -0.2) is 4.98 Å². The van der Waals surface area contributed by atoms with Crippen LogP contribution in [-0.2, 0) is 6.54 Å². The molecule has 2 rings (SSSR count). The van der Waals surface area contributed by atoms with E-state index in [1.54, 1.807) is 25.1 Å². The predicted octanol–water partition coefficient (Wildman–Crippen LogP) is 1.83. The molecule has 0 radical (unpaired) electrons. The molecule has 0 spiro atoms. The lowest BCUT2D eigenvalue weighted by Gasteiger charge is -2.29. The van der Waals surface area contributed by atoms with Crippen LogP contribution in [-0.4, -0.2) is 26.7 Å². The monoisotopic (exact) mass is 295 g/mol. The summed E-state index contributed by atoms with van der Waals surface area (Å²) in [6.45, 7) is 5.83. The molecule has 0 amide bonds. The maximum Gasteiger partial charge on any atom is 0.258 e. The second kappa shape index (κ2) is 5.52. The number of aliphatic hydroxyl groups excluding tert-OH is 1. The highest BCUT2D eigenvalue weighted by molar-refractivity contribution is 6.31. The van der Waals surface area contributed by atoms with E-state index in [4.69, 9.17) is 11.6 Å². The number of aromatic amines is 1. The third-order valence-electron chi connectivity index (χ3n) is 3.47. The summed E-state index contributed by atoms with van der Waals surface area (Å²) in [5.74, 6) is 0.512. The Morgan fingerprint density at radius 2 is 2.20 bits per heavy atom. The number of nitrogens with zero attached hydrogens (tertiary/aromatic N) is 1. The van der Waals surface area contributed by atoms with Gasteiger partial charge >= 0.3 is 0 Å². The average molecular weight is 296 g/mol. The Balaban J connectivity index is 2.30. The number of halogens is 1. The second-order valence-corrected chi connectivity index (χ2v) is 5.86. The van der Waals surface area contributed by atoms with Crippen LogP contribution < -0.4 is 10.9 Å². The summed E-state index contributed by atoms with van der Waals surface area (Å²) >= 11 is 5.91. The van der Waals surface area contributed by atoms with E-state index in [1.165, 1.54) is 0 Å². The molecule has 108 valence electrons. The minimum absolute atomic E-state index is 0.196. The van der Waals surface area contributed by atoms with Crippen LogP contribution >= 0.6 is 11.6 Å². The Bertz CT molecular complexity index is 680. The average Bonchev–Trinajstić information content (AvgIpc) is 2.35. The fraction of sp³-hybridized carbons (Fsp3) is 0.429. The predicted molar refractivity (Wildman–Crippen MR) is 80.0 cm³/mol. The highest BCUT2D eigenvalue weighted by atomic mass is 35.5. The lowest BCUT2D eigenvalue weighted by Crippen LogP contribution is -2.48. The lowest BCUT2D eigenvalue weighted by atomic mass is 9.99. The maximum atomic E-state index is 12.0. The van der Waals surface area contributed by atoms with Crippen molar-refractivity contribution in [3.05, 3.63) is 39.4 Å². The third kappa shape index (κ3) is 3.17. The SMILES string of the molecule is CC(O)C(C)(C)NCc1nc2cc(Cl)ccc2c(=O)[nH]1. The van der Waals surface area contributed by atoms with Crippen molar-refractivity contribution in [1.29, 1.82) is 0 Å². The molecule has 0 saturated heterocycles. The molecule has 0 saturated carbocycles. The quantitative estimate of drug-likeness (QED) is 0.804. The van der Waals surface area contributed by atoms with Crippen molar-refractivity contribution in [3.8, 4) is 0 Å². The van der Waals surface area contributed by atoms with Crippen molar-refractivity contribution < 1.29 is 5.11 Å². The molecule has 1 aromatic carbocycles. The van der Waals surface area contributed by atoms with Crippen LogP contribution in [0.4, 0.5) is 0 Å². The van der Waals surface area contributed by atoms with E-state index in [1.807, 2.05) is 13.8 Å². The first-order valence-corrected chi connectivity index (χ1v) is 6.79. The largest absolute Gasteiger partial charge is 0.392 e. The van der Waals surface area contributed by atoms with Crippen LogP contribution in [0.5, 0.6) is 0 Å². The molecule has 1 aromatic heterocycles. The standard InChI is InChI=1S/C14H18ClN3O2/c1-8(19)14(2,3)16-7-12-17-11-6-9(15)4-5-10(11)13(20)18-12/h4-6,8,16,19H,7H2,1-3H3,(H,17,18,20). The summed E-state index contributed by atoms with van der Waals surface area (Å²) < 4.78 is 0. The lowest BCUT2D eigenvalue weighted by molar-refractivity contribution is 0.0951. The maximum absolute atomic E-state index is 12.0. The molecule has 0 fully saturated rings. The van der Waals surface area contributed by atoms with Crippen molar-refractivity contribution >= 4 is 22.5 Å². The van der Waals surface area contributed by atoms with Gasteiger partial charge in [-0.2, -0.15) is 0 Å². The Kier molecular flexibility index (Phi) is 4.13. The number of aromatic nitrogens is 2. The van der Waals surface area contributed by atoms with Crippen molar-refractivity contribution in [2.45, 2.75) is 39.0 Å². The van der Waals surface area contributed by atoms with Gasteiger partial charge in [0.2, 0.25) is 0 Å². The van der Waals surface area contributed by atoms with Gasteiger partial charge in [0.1, 0.15) is 5.82 Å². The van der Waals surface area contributed by atoms with Gasteiger partial charge in [0.15, 0.2) is 0 Å². The van der Waals surface area contributed by atoms with E-state index in [0.29, 0.717) is 28.3 Å². The number of hydrogen-bond donors (Lipinski definition) is 3. The van der Waals surface area contributed by atoms with Crippen LogP contribution in [0.25, 0.3) is 10.9 Å². The van der Waals surface area contributed by atoms with Gasteiger partial charge in [-0.05, 0) is 39.0 Å². The van der Waals surface area contributed by atoms with Crippen LogP contribution in [0, 0.1) is 0 Å². The number of nitrogens with one attached hydrogen (secondary N) is 2. The molecular formula is C14H18ClN3O2. The zero-order valence-corrected chi connectivity index (χ0v) is 12.5. The van der Waals surface area contributed by atoms with Gasteiger partial charge < -0.3 is 15.4 Å². The summed E-state index contributed by atoms with van der Waals surface area (Å²) in [6, 6.07) is 4.98. The smallest absolute Gasteiger partial charge is 0.258 e. The van der Waals surface area contributed by atoms with E-state index in [2.05, 4.69) is 15.3 Å². The number of fused-ring (bicyclic) bond motifs is 1. The molecule has 1 atom stereocenters. The van der Waals surface area contributed by atoms with Gasteiger partial charge in [-0.3, -0.25) is 4.79 Å². The summed E-state index contributed by atoms with van der Waals surface area (Å²) in [7, 11) is 0. The van der Waals surface area contributed by atoms with Gasteiger partial charge in [0.05, 0.1) is 23.6 Å². The van der Waals surface area contributed by atoms with Crippen molar-refractivity contribution in [2.75, 3.05) is 0 Å². The molecule has 0 bridgehead atoms. The highest BCUT2D eigenvalue weighted by Crippen LogP contribution is 2.15. The van der Waals surface area contributed by atoms with Crippen molar-refractivity contribution in [2.24, 2.45) is 0 Å². The van der Waals surface area contributed by atoms with Gasteiger partial charge in [0, 0.05) is 10.6 Å². The van der Waals surface area contributed by atoms with E-state index < -0.39 is 11.6 Å². The Labute approximate surface area is 122 Å². The highest BCUT2D eigenvalue weighted by Gasteiger charge is 2.23. The molecule has 1 heterocycles. The minimum Gasteiger partial charge on any atom is -0.392 e. The summed E-state index contributed by atoms with van der Waals surface area (Å²) in [5, 5.41) is 13.9. The van der Waals surface area contributed by atoms with Gasteiger partial charge in [-0.1, -0.05) is 11.6 Å². The van der Waals surface area contributed by atoms with Crippen molar-refractivity contribution in [3.63, 3.8) is 0 Å². The zero-order chi connectivity index (χ0) is 14.9. The Morgan fingerprint density at radius 3 is 2.85 bits per heavy atom. The fourth-order valence-corrected chi connectivity index (χ4v) is 1.87. The fourth-order valence-electron chi connectivity index (χ4n) is 1.70. The van der Waals surface area contributed by atoms with Crippen molar-refractivity contribution in [1.82, 2.24) is 15.3 Å². The minimum atomic E-state index is -0.524. The molecule has 0 aliphatic rings. The Morgan fingerprint density at radius 1 is 1.50 bits per heavy atom. The molecule has 2 aromatic rings. The Hall–Kier alpha value is -1.43. The van der Waals surface area contributed by atoms with E-state index in [-0.39, 0.29) is 5.56 Å². The van der Waals surface area contributed by atoms with E-state index >= 15 is 0 Å². The first-order chi connectivity index (χ1) is 9.29. The number of hydrogen-bond acceptors (Lipinski definition) is 4. The number of rotatable bonds is 4. The van der Waals surface area contributed by atoms with Crippen LogP contribution in [0.1, 0.15) is 26.6 Å². The number of H-pyrrole nitrogens is 1.